The Labute approximate surface area is 100 Å². The first kappa shape index (κ1) is 13.5. The average Bonchev–Trinajstić information content (AvgIpc) is 2.25. The molecule has 0 amide bonds. The lowest BCUT2D eigenvalue weighted by Crippen LogP contribution is -2.32. The maximum absolute atomic E-state index is 11.7. The van der Waals surface area contributed by atoms with E-state index < -0.39 is 5.60 Å². The molecule has 1 rings (SSSR count). The van der Waals surface area contributed by atoms with Crippen molar-refractivity contribution < 1.29 is 15.0 Å². The van der Waals surface area contributed by atoms with E-state index in [0.717, 1.165) is 6.42 Å². The van der Waals surface area contributed by atoms with Crippen molar-refractivity contribution in [2.45, 2.75) is 31.1 Å². The van der Waals surface area contributed by atoms with Gasteiger partial charge in [0.2, 0.25) is 0 Å². The van der Waals surface area contributed by atoms with Gasteiger partial charge in [-0.1, -0.05) is 18.2 Å². The molecule has 0 fully saturated rings. The summed E-state index contributed by atoms with van der Waals surface area (Å²) in [6.45, 7) is 3.17. The second-order valence-corrected chi connectivity index (χ2v) is 5.62. The molecule has 3 nitrogen and oxygen atoms in total. The summed E-state index contributed by atoms with van der Waals surface area (Å²) in [6.07, 6.45) is 6.35. The molecule has 1 unspecified atom stereocenters. The Bertz CT molecular complexity index is 313. The highest BCUT2D eigenvalue weighted by Crippen LogP contribution is 2.24. The van der Waals surface area contributed by atoms with Gasteiger partial charge in [-0.15, -0.1) is 0 Å². The van der Waals surface area contributed by atoms with Gasteiger partial charge >= 0.3 is 0 Å². The van der Waals surface area contributed by atoms with E-state index in [0.29, 0.717) is 16.6 Å². The number of allylic oxidation sites excluding steroid dienone is 2. The van der Waals surface area contributed by atoms with Gasteiger partial charge in [0.15, 0.2) is 5.78 Å². The van der Waals surface area contributed by atoms with E-state index >= 15 is 0 Å². The molecule has 1 atom stereocenters. The molecule has 2 N–H and O–H groups in total. The van der Waals surface area contributed by atoms with Crippen LogP contribution in [0.5, 0.6) is 0 Å². The minimum Gasteiger partial charge on any atom is -0.396 e. The molecule has 4 heteroatoms. The minimum absolute atomic E-state index is 0.175. The molecule has 0 saturated heterocycles. The Morgan fingerprint density at radius 2 is 2.31 bits per heavy atom. The Morgan fingerprint density at radius 3 is 2.75 bits per heavy atom. The zero-order chi connectivity index (χ0) is 12.2. The SMILES string of the molecule is CC(C)(O)C(=O)C1=CCC(SCCO)C=C1. The van der Waals surface area contributed by atoms with E-state index in [-0.39, 0.29) is 12.4 Å². The molecule has 0 heterocycles. The second kappa shape index (κ2) is 5.66. The summed E-state index contributed by atoms with van der Waals surface area (Å²) in [5.41, 5.74) is -0.727. The lowest BCUT2D eigenvalue weighted by atomic mass is 9.93. The van der Waals surface area contributed by atoms with Gasteiger partial charge in [0.25, 0.3) is 0 Å². The molecule has 16 heavy (non-hydrogen) atoms. The van der Waals surface area contributed by atoms with E-state index in [4.69, 9.17) is 5.11 Å². The van der Waals surface area contributed by atoms with Crippen LogP contribution in [-0.4, -0.2) is 39.2 Å². The fraction of sp³-hybridized carbons (Fsp3) is 0.583. The number of Topliss-reactive ketones (excluding diaryl/α,β-unsaturated/α-hetero) is 1. The number of ketones is 1. The summed E-state index contributed by atoms with van der Waals surface area (Å²) in [6, 6.07) is 0. The van der Waals surface area contributed by atoms with Crippen LogP contribution in [0.2, 0.25) is 0 Å². The highest BCUT2D eigenvalue weighted by Gasteiger charge is 2.27. The van der Waals surface area contributed by atoms with Gasteiger partial charge in [0.05, 0.1) is 6.61 Å². The number of thioether (sulfide) groups is 1. The zero-order valence-electron chi connectivity index (χ0n) is 9.64. The van der Waals surface area contributed by atoms with Crippen LogP contribution in [0.3, 0.4) is 0 Å². The van der Waals surface area contributed by atoms with Gasteiger partial charge < -0.3 is 10.2 Å². The molecular weight excluding hydrogens is 224 g/mol. The van der Waals surface area contributed by atoms with E-state index in [2.05, 4.69) is 0 Å². The normalized spacial score (nSPS) is 20.8. The summed E-state index contributed by atoms with van der Waals surface area (Å²) in [5, 5.41) is 18.6. The van der Waals surface area contributed by atoms with Crippen molar-refractivity contribution in [1.82, 2.24) is 0 Å². The first-order valence-corrected chi connectivity index (χ1v) is 6.38. The Morgan fingerprint density at radius 1 is 1.62 bits per heavy atom. The summed E-state index contributed by atoms with van der Waals surface area (Å²) in [5.74, 6) is 0.465. The van der Waals surface area contributed by atoms with Crippen molar-refractivity contribution in [3.63, 3.8) is 0 Å². The first-order valence-electron chi connectivity index (χ1n) is 5.33. The molecule has 1 aliphatic carbocycles. The van der Waals surface area contributed by atoms with Crippen molar-refractivity contribution >= 4 is 17.5 Å². The molecule has 0 aliphatic heterocycles. The predicted molar refractivity (Wildman–Crippen MR) is 66.5 cm³/mol. The smallest absolute Gasteiger partial charge is 0.193 e. The van der Waals surface area contributed by atoms with Gasteiger partial charge in [-0.25, -0.2) is 0 Å². The number of aliphatic hydroxyl groups is 2. The molecule has 0 aromatic heterocycles. The van der Waals surface area contributed by atoms with Crippen LogP contribution in [0.1, 0.15) is 20.3 Å². The third-order valence-corrected chi connectivity index (χ3v) is 3.50. The Balaban J connectivity index is 2.55. The Hall–Kier alpha value is -0.580. The average molecular weight is 242 g/mol. The van der Waals surface area contributed by atoms with Crippen molar-refractivity contribution in [1.29, 1.82) is 0 Å². The molecule has 0 saturated carbocycles. The maximum Gasteiger partial charge on any atom is 0.193 e. The standard InChI is InChI=1S/C12H18O3S/c1-12(2,15)11(14)9-3-5-10(6-4-9)16-8-7-13/h3-5,10,13,15H,6-8H2,1-2H3. The largest absolute Gasteiger partial charge is 0.396 e. The maximum atomic E-state index is 11.7. The summed E-state index contributed by atoms with van der Waals surface area (Å²) < 4.78 is 0. The highest BCUT2D eigenvalue weighted by atomic mass is 32.2. The second-order valence-electron chi connectivity index (χ2n) is 4.28. The number of aliphatic hydroxyl groups excluding tert-OH is 1. The van der Waals surface area contributed by atoms with Crippen LogP contribution in [0.4, 0.5) is 0 Å². The molecule has 0 bridgehead atoms. The number of carbonyl (C=O) groups excluding carboxylic acids is 1. The van der Waals surface area contributed by atoms with E-state index in [1.54, 1.807) is 17.8 Å². The van der Waals surface area contributed by atoms with E-state index in [1.807, 2.05) is 12.2 Å². The molecular formula is C12H18O3S. The van der Waals surface area contributed by atoms with Gasteiger partial charge in [-0.3, -0.25) is 4.79 Å². The van der Waals surface area contributed by atoms with Crippen molar-refractivity contribution in [2.24, 2.45) is 0 Å². The lowest BCUT2D eigenvalue weighted by molar-refractivity contribution is -0.129. The quantitative estimate of drug-likeness (QED) is 0.763. The van der Waals surface area contributed by atoms with Gasteiger partial charge in [0, 0.05) is 16.6 Å². The number of hydrogen-bond acceptors (Lipinski definition) is 4. The number of carbonyl (C=O) groups is 1. The van der Waals surface area contributed by atoms with Gasteiger partial charge in [-0.05, 0) is 20.3 Å². The summed E-state index contributed by atoms with van der Waals surface area (Å²) in [7, 11) is 0. The molecule has 0 aromatic carbocycles. The number of hydrogen-bond donors (Lipinski definition) is 2. The molecule has 90 valence electrons. The highest BCUT2D eigenvalue weighted by molar-refractivity contribution is 8.00. The van der Waals surface area contributed by atoms with Crippen LogP contribution in [0, 0.1) is 0 Å². The third kappa shape index (κ3) is 3.77. The molecule has 0 aromatic rings. The summed E-state index contributed by atoms with van der Waals surface area (Å²) in [4.78, 5) is 11.7. The van der Waals surface area contributed by atoms with Crippen LogP contribution in [0.15, 0.2) is 23.8 Å². The zero-order valence-corrected chi connectivity index (χ0v) is 10.5. The monoisotopic (exact) mass is 242 g/mol. The van der Waals surface area contributed by atoms with E-state index in [9.17, 15) is 9.90 Å². The van der Waals surface area contributed by atoms with Crippen LogP contribution in [-0.2, 0) is 4.79 Å². The first-order chi connectivity index (χ1) is 7.45. The van der Waals surface area contributed by atoms with Crippen LogP contribution < -0.4 is 0 Å². The topological polar surface area (TPSA) is 57.5 Å². The van der Waals surface area contributed by atoms with E-state index in [1.165, 1.54) is 13.8 Å². The van der Waals surface area contributed by atoms with Gasteiger partial charge in [-0.2, -0.15) is 11.8 Å². The molecule has 1 aliphatic rings. The molecule has 0 spiro atoms. The molecule has 0 radical (unpaired) electrons. The fourth-order valence-electron chi connectivity index (χ4n) is 1.45. The minimum atomic E-state index is -1.30. The predicted octanol–water partition coefficient (Wildman–Crippen LogP) is 1.31. The van der Waals surface area contributed by atoms with Crippen LogP contribution >= 0.6 is 11.8 Å². The summed E-state index contributed by atoms with van der Waals surface area (Å²) >= 11 is 1.66. The van der Waals surface area contributed by atoms with Crippen LogP contribution in [0.25, 0.3) is 0 Å². The third-order valence-electron chi connectivity index (χ3n) is 2.30. The van der Waals surface area contributed by atoms with Gasteiger partial charge in [0.1, 0.15) is 5.60 Å². The fourth-order valence-corrected chi connectivity index (χ4v) is 2.28. The van der Waals surface area contributed by atoms with Crippen molar-refractivity contribution in [2.75, 3.05) is 12.4 Å². The van der Waals surface area contributed by atoms with Crippen molar-refractivity contribution in [3.05, 3.63) is 23.8 Å². The lowest BCUT2D eigenvalue weighted by Gasteiger charge is -2.20. The number of rotatable bonds is 5. The van der Waals surface area contributed by atoms with Crippen molar-refractivity contribution in [3.8, 4) is 0 Å². The Kier molecular flexibility index (Phi) is 4.77.